The van der Waals surface area contributed by atoms with E-state index < -0.39 is 0 Å². The Morgan fingerprint density at radius 3 is 3.08 bits per heavy atom. The average molecular weight is 198 g/mol. The molecule has 0 bridgehead atoms. The van der Waals surface area contributed by atoms with E-state index in [9.17, 15) is 0 Å². The summed E-state index contributed by atoms with van der Waals surface area (Å²) >= 11 is 4.18. The smallest absolute Gasteiger partial charge is 0.209 e. The fraction of sp³-hybridized carbons (Fsp3) is 0.333. The van der Waals surface area contributed by atoms with Crippen LogP contribution in [0.3, 0.4) is 0 Å². The molecule has 0 aromatic rings. The summed E-state index contributed by atoms with van der Waals surface area (Å²) in [5, 5.41) is 1.82. The number of rotatable bonds is 4. The minimum Gasteiger partial charge on any atom is -0.474 e. The molecule has 0 unspecified atom stereocenters. The fourth-order valence-corrected chi connectivity index (χ4v) is 1.18. The van der Waals surface area contributed by atoms with Gasteiger partial charge in [0.1, 0.15) is 6.61 Å². The van der Waals surface area contributed by atoms with E-state index in [1.54, 1.807) is 6.08 Å². The van der Waals surface area contributed by atoms with Crippen LogP contribution < -0.4 is 5.43 Å². The zero-order valence-electron chi connectivity index (χ0n) is 7.66. The third-order valence-corrected chi connectivity index (χ3v) is 1.83. The molecule has 0 saturated heterocycles. The van der Waals surface area contributed by atoms with Gasteiger partial charge < -0.3 is 4.74 Å². The molecule has 0 aromatic heterocycles. The topological polar surface area (TPSA) is 24.5 Å². The minimum absolute atomic E-state index is 0.505. The lowest BCUT2D eigenvalue weighted by Gasteiger charge is -2.28. The number of thiol groups is 1. The van der Waals surface area contributed by atoms with E-state index in [0.717, 1.165) is 11.6 Å². The van der Waals surface area contributed by atoms with Crippen molar-refractivity contribution in [3.05, 3.63) is 36.4 Å². The number of hydrogen-bond acceptors (Lipinski definition) is 4. The molecule has 0 spiro atoms. The maximum atomic E-state index is 5.40. The SMILES string of the molecule is C=CCOC1=CC=C(C)NN1CS. The van der Waals surface area contributed by atoms with E-state index in [0.29, 0.717) is 12.5 Å². The molecule has 0 amide bonds. The molecule has 0 aromatic carbocycles. The molecule has 4 heteroatoms. The van der Waals surface area contributed by atoms with Gasteiger partial charge in [0.15, 0.2) is 0 Å². The van der Waals surface area contributed by atoms with E-state index in [2.05, 4.69) is 24.6 Å². The third kappa shape index (κ3) is 2.73. The molecule has 0 atom stereocenters. The average Bonchev–Trinajstić information content (AvgIpc) is 2.16. The minimum atomic E-state index is 0.505. The lowest BCUT2D eigenvalue weighted by molar-refractivity contribution is 0.116. The summed E-state index contributed by atoms with van der Waals surface area (Å²) in [6, 6.07) is 0. The number of allylic oxidation sites excluding steroid dienone is 3. The Morgan fingerprint density at radius 2 is 2.46 bits per heavy atom. The Labute approximate surface area is 84.1 Å². The van der Waals surface area contributed by atoms with Gasteiger partial charge in [-0.05, 0) is 13.0 Å². The molecule has 0 saturated carbocycles. The predicted octanol–water partition coefficient (Wildman–Crippen LogP) is 1.64. The van der Waals surface area contributed by atoms with Crippen molar-refractivity contribution in [3.63, 3.8) is 0 Å². The van der Waals surface area contributed by atoms with Crippen LogP contribution in [0.2, 0.25) is 0 Å². The molecule has 1 rings (SSSR count). The van der Waals surface area contributed by atoms with Gasteiger partial charge in [-0.3, -0.25) is 5.43 Å². The van der Waals surface area contributed by atoms with E-state index in [1.165, 1.54) is 0 Å². The molecule has 1 aliphatic heterocycles. The maximum absolute atomic E-state index is 5.40. The summed E-state index contributed by atoms with van der Waals surface area (Å²) in [5.74, 6) is 1.33. The van der Waals surface area contributed by atoms with Gasteiger partial charge in [0.2, 0.25) is 5.88 Å². The van der Waals surface area contributed by atoms with Crippen molar-refractivity contribution in [1.82, 2.24) is 10.4 Å². The van der Waals surface area contributed by atoms with Crippen LogP contribution in [-0.2, 0) is 4.74 Å². The molecule has 0 radical (unpaired) electrons. The summed E-state index contributed by atoms with van der Waals surface area (Å²) in [4.78, 5) is 0. The van der Waals surface area contributed by atoms with E-state index >= 15 is 0 Å². The Hall–Kier alpha value is -1.03. The predicted molar refractivity (Wildman–Crippen MR) is 56.8 cm³/mol. The van der Waals surface area contributed by atoms with Crippen LogP contribution in [0.1, 0.15) is 6.92 Å². The number of nitrogens with one attached hydrogen (secondary N) is 1. The van der Waals surface area contributed by atoms with Crippen molar-refractivity contribution in [1.29, 1.82) is 0 Å². The monoisotopic (exact) mass is 198 g/mol. The van der Waals surface area contributed by atoms with Gasteiger partial charge in [0.05, 0.1) is 5.88 Å². The van der Waals surface area contributed by atoms with Crippen LogP contribution in [0.4, 0.5) is 0 Å². The van der Waals surface area contributed by atoms with Crippen LogP contribution >= 0.6 is 12.6 Å². The molecule has 0 fully saturated rings. The van der Waals surface area contributed by atoms with Gasteiger partial charge in [-0.15, -0.1) is 0 Å². The summed E-state index contributed by atoms with van der Waals surface area (Å²) < 4.78 is 5.40. The maximum Gasteiger partial charge on any atom is 0.209 e. The first-order valence-electron chi connectivity index (χ1n) is 4.05. The highest BCUT2D eigenvalue weighted by molar-refractivity contribution is 7.80. The zero-order valence-corrected chi connectivity index (χ0v) is 8.55. The first-order valence-corrected chi connectivity index (χ1v) is 4.68. The standard InChI is InChI=1S/C9H14N2OS/c1-3-6-12-9-5-4-8(2)10-11(9)7-13/h3-5,10,13H,1,6-7H2,2H3. The van der Waals surface area contributed by atoms with Crippen LogP contribution in [0, 0.1) is 0 Å². The van der Waals surface area contributed by atoms with Gasteiger partial charge in [-0.1, -0.05) is 12.7 Å². The van der Waals surface area contributed by atoms with Crippen LogP contribution in [-0.4, -0.2) is 17.5 Å². The van der Waals surface area contributed by atoms with Gasteiger partial charge in [0, 0.05) is 11.8 Å². The molecule has 1 heterocycles. The zero-order chi connectivity index (χ0) is 9.68. The molecule has 72 valence electrons. The molecule has 0 aliphatic carbocycles. The summed E-state index contributed by atoms with van der Waals surface area (Å²) in [5.41, 5.74) is 4.18. The van der Waals surface area contributed by atoms with Crippen molar-refractivity contribution in [2.24, 2.45) is 0 Å². The number of nitrogens with zero attached hydrogens (tertiary/aromatic N) is 1. The highest BCUT2D eigenvalue weighted by atomic mass is 32.1. The summed E-state index contributed by atoms with van der Waals surface area (Å²) in [6.07, 6.45) is 5.58. The van der Waals surface area contributed by atoms with E-state index in [4.69, 9.17) is 4.74 Å². The Balaban J connectivity index is 2.61. The molecule has 3 nitrogen and oxygen atoms in total. The molecule has 13 heavy (non-hydrogen) atoms. The number of hydrazine groups is 1. The van der Waals surface area contributed by atoms with Crippen molar-refractivity contribution in [3.8, 4) is 0 Å². The highest BCUT2D eigenvalue weighted by Crippen LogP contribution is 2.11. The van der Waals surface area contributed by atoms with Crippen LogP contribution in [0.5, 0.6) is 0 Å². The molecule has 1 aliphatic rings. The van der Waals surface area contributed by atoms with Crippen LogP contribution in [0.15, 0.2) is 36.4 Å². The number of ether oxygens (including phenoxy) is 1. The van der Waals surface area contributed by atoms with Crippen LogP contribution in [0.25, 0.3) is 0 Å². The van der Waals surface area contributed by atoms with Gasteiger partial charge in [-0.2, -0.15) is 12.6 Å². The van der Waals surface area contributed by atoms with Crippen molar-refractivity contribution in [2.75, 3.05) is 12.5 Å². The lowest BCUT2D eigenvalue weighted by atomic mass is 10.4. The Morgan fingerprint density at radius 1 is 1.69 bits per heavy atom. The lowest BCUT2D eigenvalue weighted by Crippen LogP contribution is -2.37. The normalized spacial score (nSPS) is 15.7. The largest absolute Gasteiger partial charge is 0.474 e. The second kappa shape index (κ2) is 4.87. The fourth-order valence-electron chi connectivity index (χ4n) is 0.967. The van der Waals surface area contributed by atoms with Gasteiger partial charge >= 0.3 is 0 Å². The first kappa shape index (κ1) is 10.1. The Kier molecular flexibility index (Phi) is 3.76. The van der Waals surface area contributed by atoms with E-state index in [1.807, 2.05) is 24.1 Å². The summed E-state index contributed by atoms with van der Waals surface area (Å²) in [7, 11) is 0. The highest BCUT2D eigenvalue weighted by Gasteiger charge is 2.11. The van der Waals surface area contributed by atoms with Crippen molar-refractivity contribution < 1.29 is 4.74 Å². The number of hydrogen-bond donors (Lipinski definition) is 2. The molecule has 1 N–H and O–H groups in total. The van der Waals surface area contributed by atoms with Crippen molar-refractivity contribution in [2.45, 2.75) is 6.92 Å². The van der Waals surface area contributed by atoms with Crippen molar-refractivity contribution >= 4 is 12.6 Å². The third-order valence-electron chi connectivity index (χ3n) is 1.54. The van der Waals surface area contributed by atoms with Gasteiger partial charge in [-0.25, -0.2) is 5.01 Å². The van der Waals surface area contributed by atoms with Gasteiger partial charge in [0.25, 0.3) is 0 Å². The quantitative estimate of drug-likeness (QED) is 0.530. The second-order valence-electron chi connectivity index (χ2n) is 2.64. The molecular formula is C9H14N2OS. The molecular weight excluding hydrogens is 184 g/mol. The first-order chi connectivity index (χ1) is 6.27. The Bertz CT molecular complexity index is 248. The second-order valence-corrected chi connectivity index (χ2v) is 2.92. The summed E-state index contributed by atoms with van der Waals surface area (Å²) in [6.45, 7) is 6.07. The van der Waals surface area contributed by atoms with E-state index in [-0.39, 0.29) is 0 Å².